The van der Waals surface area contributed by atoms with Crippen LogP contribution >= 0.6 is 0 Å². The van der Waals surface area contributed by atoms with Crippen molar-refractivity contribution in [3.8, 4) is 22.5 Å². The number of nitrogens with zero attached hydrogens (tertiary/aromatic N) is 2. The Kier molecular flexibility index (Phi) is 2.91. The highest BCUT2D eigenvalue weighted by molar-refractivity contribution is 6.29. The molecule has 0 N–H and O–H groups in total. The number of para-hydroxylation sites is 4. The molecule has 2 heteroatoms. The van der Waals surface area contributed by atoms with Gasteiger partial charge in [0.25, 0.3) is 0 Å². The van der Waals surface area contributed by atoms with Crippen molar-refractivity contribution < 1.29 is 13.7 Å². The number of hydrogen-bond acceptors (Lipinski definition) is 0. The van der Waals surface area contributed by atoms with Gasteiger partial charge in [0.1, 0.15) is 0 Å². The largest absolute Gasteiger partial charge is 0.309 e. The molecule has 0 bridgehead atoms. The average Bonchev–Trinajstić information content (AvgIpc) is 3.66. The molecule has 0 spiro atoms. The minimum atomic E-state index is -0.480. The van der Waals surface area contributed by atoms with E-state index in [0.29, 0.717) is 11.4 Å². The Hall–Kier alpha value is -5.08. The molecule has 0 aliphatic rings. The van der Waals surface area contributed by atoms with Crippen LogP contribution in [0.15, 0.2) is 145 Å². The minimum absolute atomic E-state index is 0.0943. The molecule has 0 amide bonds. The van der Waals surface area contributed by atoms with E-state index in [2.05, 4.69) is 0 Å². The number of fused-ring (bicyclic) bond motifs is 7. The Morgan fingerprint density at radius 2 is 0.974 bits per heavy atom. The molecule has 178 valence electrons. The second-order valence-corrected chi connectivity index (χ2v) is 9.03. The Morgan fingerprint density at radius 3 is 1.66 bits per heavy atom. The van der Waals surface area contributed by atoms with Gasteiger partial charge in [0, 0.05) is 32.8 Å². The molecule has 0 unspecified atom stereocenters. The third-order valence-electron chi connectivity index (χ3n) is 7.00. The van der Waals surface area contributed by atoms with E-state index in [9.17, 15) is 4.11 Å². The second-order valence-electron chi connectivity index (χ2n) is 9.03. The van der Waals surface area contributed by atoms with Gasteiger partial charge in [-0.2, -0.15) is 0 Å². The van der Waals surface area contributed by atoms with Gasteiger partial charge in [0.2, 0.25) is 0 Å². The first-order chi connectivity index (χ1) is 23.1. The van der Waals surface area contributed by atoms with Gasteiger partial charge in [-0.15, -0.1) is 0 Å². The normalized spacial score (nSPS) is 15.4. The van der Waals surface area contributed by atoms with E-state index >= 15 is 0 Å². The van der Waals surface area contributed by atoms with E-state index in [1.54, 1.807) is 51.6 Å². The fraction of sp³-hybridized carbons (Fsp3) is 0. The standard InChI is InChI=1S/C36H24N2/c1-3-13-25(14-4-1)27-17-7-10-20-30(27)38-32-22-12-9-19-29(32)36-34(38)24-23-33-35(36)28-18-8-11-21-31(28)37(33)26-15-5-2-6-16-26/h1-24H/i8D,9D,11D,12D,18D,19D,21D,22D,23D,24D. The lowest BCUT2D eigenvalue weighted by Gasteiger charge is -2.14. The molecule has 0 aliphatic carbocycles. The van der Waals surface area contributed by atoms with Crippen molar-refractivity contribution in [3.63, 3.8) is 0 Å². The Morgan fingerprint density at radius 1 is 0.447 bits per heavy atom. The third-order valence-corrected chi connectivity index (χ3v) is 7.00. The van der Waals surface area contributed by atoms with Crippen molar-refractivity contribution in [3.05, 3.63) is 145 Å². The Labute approximate surface area is 234 Å². The van der Waals surface area contributed by atoms with Crippen molar-refractivity contribution >= 4 is 43.6 Å². The minimum Gasteiger partial charge on any atom is -0.309 e. The summed E-state index contributed by atoms with van der Waals surface area (Å²) in [6.07, 6.45) is 0. The summed E-state index contributed by atoms with van der Waals surface area (Å²) in [6.45, 7) is 0. The van der Waals surface area contributed by atoms with Crippen molar-refractivity contribution in [1.82, 2.24) is 9.13 Å². The molecule has 0 saturated heterocycles. The van der Waals surface area contributed by atoms with Crippen LogP contribution in [0.25, 0.3) is 66.1 Å². The molecule has 38 heavy (non-hydrogen) atoms. The molecule has 8 rings (SSSR count). The van der Waals surface area contributed by atoms with Crippen molar-refractivity contribution in [2.24, 2.45) is 0 Å². The Balaban J connectivity index is 1.75. The molecule has 6 aromatic carbocycles. The van der Waals surface area contributed by atoms with Crippen molar-refractivity contribution in [2.75, 3.05) is 0 Å². The van der Waals surface area contributed by atoms with E-state index in [1.165, 1.54) is 0 Å². The van der Waals surface area contributed by atoms with Gasteiger partial charge < -0.3 is 9.13 Å². The van der Waals surface area contributed by atoms with Crippen LogP contribution in [0.4, 0.5) is 0 Å². The van der Waals surface area contributed by atoms with Crippen molar-refractivity contribution in [1.29, 1.82) is 0 Å². The van der Waals surface area contributed by atoms with Gasteiger partial charge in [-0.3, -0.25) is 0 Å². The first kappa shape index (κ1) is 13.5. The summed E-state index contributed by atoms with van der Waals surface area (Å²) >= 11 is 0. The van der Waals surface area contributed by atoms with E-state index in [0.717, 1.165) is 11.1 Å². The van der Waals surface area contributed by atoms with Gasteiger partial charge in [0.15, 0.2) is 0 Å². The zero-order chi connectivity index (χ0) is 33.8. The lowest BCUT2D eigenvalue weighted by atomic mass is 10.0. The van der Waals surface area contributed by atoms with Crippen LogP contribution in [0, 0.1) is 0 Å². The van der Waals surface area contributed by atoms with Gasteiger partial charge >= 0.3 is 0 Å². The highest BCUT2D eigenvalue weighted by Crippen LogP contribution is 2.43. The van der Waals surface area contributed by atoms with Gasteiger partial charge in [-0.1, -0.05) is 103 Å². The summed E-state index contributed by atoms with van der Waals surface area (Å²) in [4.78, 5) is 0. The smallest absolute Gasteiger partial charge is 0.0646 e. The van der Waals surface area contributed by atoms with Crippen LogP contribution < -0.4 is 0 Å². The number of rotatable bonds is 3. The monoisotopic (exact) mass is 494 g/mol. The van der Waals surface area contributed by atoms with Crippen LogP contribution in [0.5, 0.6) is 0 Å². The first-order valence-electron chi connectivity index (χ1n) is 17.2. The third kappa shape index (κ3) is 2.95. The summed E-state index contributed by atoms with van der Waals surface area (Å²) in [5, 5.41) is 0.612. The summed E-state index contributed by atoms with van der Waals surface area (Å²) in [6, 6.07) is 21.9. The van der Waals surface area contributed by atoms with Crippen LogP contribution in [0.3, 0.4) is 0 Å². The molecule has 0 aliphatic heterocycles. The molecule has 8 aromatic rings. The SMILES string of the molecule is [2H]c1c([2H])c([2H])c2c(c1[2H])c1c3c4c([2H])c([2H])c([2H])c([2H])c4n(-c4ccccc4-c4ccccc4)c3c([2H])c([2H])c1n2-c1ccccc1. The second kappa shape index (κ2) is 8.22. The topological polar surface area (TPSA) is 9.86 Å². The summed E-state index contributed by atoms with van der Waals surface area (Å²) in [5.41, 5.74) is 3.07. The highest BCUT2D eigenvalue weighted by Gasteiger charge is 2.21. The molecule has 0 atom stereocenters. The lowest BCUT2D eigenvalue weighted by Crippen LogP contribution is -1.97. The summed E-state index contributed by atoms with van der Waals surface area (Å²) in [5.74, 6) is 0. The molecule has 2 aromatic heterocycles. The van der Waals surface area contributed by atoms with E-state index < -0.39 is 24.2 Å². The zero-order valence-electron chi connectivity index (χ0n) is 30.0. The zero-order valence-corrected chi connectivity index (χ0v) is 20.0. The van der Waals surface area contributed by atoms with Crippen LogP contribution in [0.2, 0.25) is 0 Å². The molecule has 2 heterocycles. The fourth-order valence-corrected chi connectivity index (χ4v) is 5.44. The maximum Gasteiger partial charge on any atom is 0.0646 e. The van der Waals surface area contributed by atoms with Crippen LogP contribution in [-0.4, -0.2) is 9.13 Å². The highest BCUT2D eigenvalue weighted by atomic mass is 15.0. The summed E-state index contributed by atoms with van der Waals surface area (Å²) < 4.78 is 93.1. The first-order valence-corrected chi connectivity index (χ1v) is 12.2. The molecule has 0 saturated carbocycles. The van der Waals surface area contributed by atoms with Gasteiger partial charge in [0.05, 0.1) is 41.5 Å². The number of hydrogen-bond donors (Lipinski definition) is 0. The predicted molar refractivity (Wildman–Crippen MR) is 161 cm³/mol. The molecule has 0 radical (unpaired) electrons. The van der Waals surface area contributed by atoms with Crippen LogP contribution in [-0.2, 0) is 0 Å². The summed E-state index contributed by atoms with van der Waals surface area (Å²) in [7, 11) is 0. The number of aromatic nitrogens is 2. The molecule has 2 nitrogen and oxygen atoms in total. The molecule has 0 fully saturated rings. The van der Waals surface area contributed by atoms with E-state index in [4.69, 9.17) is 9.60 Å². The van der Waals surface area contributed by atoms with E-state index in [1.807, 2.05) is 42.5 Å². The maximum absolute atomic E-state index is 9.54. The van der Waals surface area contributed by atoms with Crippen LogP contribution in [0.1, 0.15) is 13.7 Å². The maximum atomic E-state index is 9.54. The predicted octanol–water partition coefficient (Wildman–Crippen LogP) is 9.55. The Bertz CT molecular complexity index is 2660. The van der Waals surface area contributed by atoms with Gasteiger partial charge in [-0.05, 0) is 47.9 Å². The van der Waals surface area contributed by atoms with Crippen molar-refractivity contribution in [2.45, 2.75) is 0 Å². The molecular weight excluding hydrogens is 460 g/mol. The molecular formula is C36H24N2. The van der Waals surface area contributed by atoms with Gasteiger partial charge in [-0.25, -0.2) is 0 Å². The fourth-order valence-electron chi connectivity index (χ4n) is 5.44. The number of benzene rings is 6. The lowest BCUT2D eigenvalue weighted by molar-refractivity contribution is 1.17. The quantitative estimate of drug-likeness (QED) is 0.231. The van der Waals surface area contributed by atoms with E-state index in [-0.39, 0.29) is 79.9 Å². The average molecular weight is 495 g/mol.